The fourth-order valence-electron chi connectivity index (χ4n) is 1.30. The van der Waals surface area contributed by atoms with Crippen LogP contribution in [0.25, 0.3) is 0 Å². The summed E-state index contributed by atoms with van der Waals surface area (Å²) in [5.41, 5.74) is 0. The molecule has 1 atom stereocenters. The van der Waals surface area contributed by atoms with Gasteiger partial charge in [0, 0.05) is 19.1 Å². The van der Waals surface area contributed by atoms with Crippen molar-refractivity contribution in [2.75, 3.05) is 26.4 Å². The van der Waals surface area contributed by atoms with Crippen LogP contribution in [0.2, 0.25) is 0 Å². The summed E-state index contributed by atoms with van der Waals surface area (Å²) in [5, 5.41) is 0. The summed E-state index contributed by atoms with van der Waals surface area (Å²) >= 11 is 0. The predicted octanol–water partition coefficient (Wildman–Crippen LogP) is 3.28. The van der Waals surface area contributed by atoms with Crippen molar-refractivity contribution >= 4 is 0 Å². The number of ether oxygens (including phenoxy) is 2. The van der Waals surface area contributed by atoms with E-state index in [2.05, 4.69) is 27.4 Å². The largest absolute Gasteiger partial charge is 0.381 e. The first-order chi connectivity index (χ1) is 7.26. The monoisotopic (exact) mass is 214 g/mol. The molecule has 0 radical (unpaired) electrons. The van der Waals surface area contributed by atoms with E-state index in [1.54, 1.807) is 0 Å². The Kier molecular flexibility index (Phi) is 9.96. The summed E-state index contributed by atoms with van der Waals surface area (Å²) in [6, 6.07) is 0. The van der Waals surface area contributed by atoms with E-state index in [1.807, 2.05) is 6.08 Å². The zero-order valence-electron chi connectivity index (χ0n) is 10.5. The Hall–Kier alpha value is -0.340. The third-order valence-corrected chi connectivity index (χ3v) is 2.48. The van der Waals surface area contributed by atoms with Gasteiger partial charge in [0.05, 0.1) is 13.2 Å². The molecule has 0 saturated heterocycles. The van der Waals surface area contributed by atoms with Gasteiger partial charge in [-0.05, 0) is 18.8 Å². The zero-order chi connectivity index (χ0) is 11.5. The van der Waals surface area contributed by atoms with Gasteiger partial charge in [0.2, 0.25) is 0 Å². The van der Waals surface area contributed by atoms with Gasteiger partial charge in [-0.15, -0.1) is 6.58 Å². The lowest BCUT2D eigenvalue weighted by molar-refractivity contribution is 0.0266. The van der Waals surface area contributed by atoms with Crippen LogP contribution in [0.5, 0.6) is 0 Å². The van der Waals surface area contributed by atoms with Crippen molar-refractivity contribution in [3.05, 3.63) is 12.7 Å². The van der Waals surface area contributed by atoms with E-state index in [0.717, 1.165) is 39.3 Å². The minimum atomic E-state index is 0.445. The van der Waals surface area contributed by atoms with Gasteiger partial charge in [-0.3, -0.25) is 0 Å². The molecule has 0 aliphatic heterocycles. The number of rotatable bonds is 10. The van der Waals surface area contributed by atoms with Crippen molar-refractivity contribution in [3.63, 3.8) is 0 Å². The maximum atomic E-state index is 5.57. The Bertz CT molecular complexity index is 135. The van der Waals surface area contributed by atoms with E-state index in [1.165, 1.54) is 0 Å². The summed E-state index contributed by atoms with van der Waals surface area (Å²) in [6.07, 6.45) is 4.13. The molecule has 0 aromatic heterocycles. The molecule has 2 nitrogen and oxygen atoms in total. The van der Waals surface area contributed by atoms with Gasteiger partial charge in [0.15, 0.2) is 0 Å². The molecule has 15 heavy (non-hydrogen) atoms. The van der Waals surface area contributed by atoms with Crippen LogP contribution in [0.15, 0.2) is 12.7 Å². The highest BCUT2D eigenvalue weighted by atomic mass is 16.5. The lowest BCUT2D eigenvalue weighted by Crippen LogP contribution is -2.22. The predicted molar refractivity (Wildman–Crippen MR) is 65.1 cm³/mol. The van der Waals surface area contributed by atoms with Crippen LogP contribution in [0.4, 0.5) is 0 Å². The lowest BCUT2D eigenvalue weighted by Gasteiger charge is -2.21. The van der Waals surface area contributed by atoms with Gasteiger partial charge in [-0.1, -0.05) is 26.8 Å². The SMILES string of the molecule is C=CC(C)C(COCCC)COCCC. The Morgan fingerprint density at radius 3 is 1.87 bits per heavy atom. The van der Waals surface area contributed by atoms with E-state index >= 15 is 0 Å². The van der Waals surface area contributed by atoms with E-state index in [4.69, 9.17) is 9.47 Å². The molecule has 0 rings (SSSR count). The van der Waals surface area contributed by atoms with Gasteiger partial charge in [-0.25, -0.2) is 0 Å². The van der Waals surface area contributed by atoms with Gasteiger partial charge in [0.1, 0.15) is 0 Å². The average molecular weight is 214 g/mol. The van der Waals surface area contributed by atoms with Crippen molar-refractivity contribution in [2.24, 2.45) is 11.8 Å². The third kappa shape index (κ3) is 7.57. The second-order valence-corrected chi connectivity index (χ2v) is 4.00. The lowest BCUT2D eigenvalue weighted by atomic mass is 9.96. The maximum absolute atomic E-state index is 5.57. The van der Waals surface area contributed by atoms with Gasteiger partial charge >= 0.3 is 0 Å². The molecule has 0 heterocycles. The van der Waals surface area contributed by atoms with E-state index in [9.17, 15) is 0 Å². The quantitative estimate of drug-likeness (QED) is 0.410. The minimum absolute atomic E-state index is 0.445. The van der Waals surface area contributed by atoms with Crippen molar-refractivity contribution in [1.29, 1.82) is 0 Å². The smallest absolute Gasteiger partial charge is 0.0521 e. The maximum Gasteiger partial charge on any atom is 0.0521 e. The second-order valence-electron chi connectivity index (χ2n) is 4.00. The van der Waals surface area contributed by atoms with Crippen molar-refractivity contribution in [2.45, 2.75) is 33.6 Å². The van der Waals surface area contributed by atoms with Crippen molar-refractivity contribution in [3.8, 4) is 0 Å². The van der Waals surface area contributed by atoms with Gasteiger partial charge in [0.25, 0.3) is 0 Å². The molecule has 0 bridgehead atoms. The van der Waals surface area contributed by atoms with Crippen LogP contribution in [0, 0.1) is 11.8 Å². The molecule has 1 unspecified atom stereocenters. The third-order valence-electron chi connectivity index (χ3n) is 2.48. The molecule has 0 fully saturated rings. The topological polar surface area (TPSA) is 18.5 Å². The molecule has 0 spiro atoms. The summed E-state index contributed by atoms with van der Waals surface area (Å²) in [7, 11) is 0. The summed E-state index contributed by atoms with van der Waals surface area (Å²) in [4.78, 5) is 0. The van der Waals surface area contributed by atoms with E-state index in [-0.39, 0.29) is 0 Å². The summed E-state index contributed by atoms with van der Waals surface area (Å²) < 4.78 is 11.1. The van der Waals surface area contributed by atoms with E-state index in [0.29, 0.717) is 11.8 Å². The minimum Gasteiger partial charge on any atom is -0.381 e. The number of hydrogen-bond acceptors (Lipinski definition) is 2. The van der Waals surface area contributed by atoms with E-state index < -0.39 is 0 Å². The first-order valence-electron chi connectivity index (χ1n) is 6.04. The fraction of sp³-hybridized carbons (Fsp3) is 0.846. The van der Waals surface area contributed by atoms with Crippen LogP contribution < -0.4 is 0 Å². The highest BCUT2D eigenvalue weighted by molar-refractivity contribution is 4.81. The van der Waals surface area contributed by atoms with Crippen LogP contribution in [0.1, 0.15) is 33.6 Å². The van der Waals surface area contributed by atoms with Crippen LogP contribution in [0.3, 0.4) is 0 Å². The Labute approximate surface area is 94.7 Å². The molecule has 0 amide bonds. The second kappa shape index (κ2) is 10.2. The molecule has 0 aromatic carbocycles. The van der Waals surface area contributed by atoms with Crippen LogP contribution in [-0.4, -0.2) is 26.4 Å². The molecule has 0 aliphatic rings. The molecule has 2 heteroatoms. The Morgan fingerprint density at radius 1 is 1.07 bits per heavy atom. The zero-order valence-corrected chi connectivity index (χ0v) is 10.5. The molecule has 0 aliphatic carbocycles. The highest BCUT2D eigenvalue weighted by Crippen LogP contribution is 2.14. The van der Waals surface area contributed by atoms with Crippen LogP contribution >= 0.6 is 0 Å². The molecular formula is C13H26O2. The number of allylic oxidation sites excluding steroid dienone is 1. The molecule has 0 aromatic rings. The molecule has 0 N–H and O–H groups in total. The van der Waals surface area contributed by atoms with Crippen molar-refractivity contribution < 1.29 is 9.47 Å². The molecular weight excluding hydrogens is 188 g/mol. The standard InChI is InChI=1S/C13H26O2/c1-5-8-14-10-13(12(4)7-3)11-15-9-6-2/h7,12-13H,3,5-6,8-11H2,1-2,4H3. The molecule has 90 valence electrons. The van der Waals surface area contributed by atoms with Gasteiger partial charge < -0.3 is 9.47 Å². The fourth-order valence-corrected chi connectivity index (χ4v) is 1.30. The Morgan fingerprint density at radius 2 is 1.53 bits per heavy atom. The molecule has 0 saturated carbocycles. The van der Waals surface area contributed by atoms with Crippen LogP contribution in [-0.2, 0) is 9.47 Å². The normalized spacial score (nSPS) is 13.1. The number of hydrogen-bond donors (Lipinski definition) is 0. The van der Waals surface area contributed by atoms with Crippen molar-refractivity contribution in [1.82, 2.24) is 0 Å². The highest BCUT2D eigenvalue weighted by Gasteiger charge is 2.14. The average Bonchev–Trinajstić information content (AvgIpc) is 2.26. The summed E-state index contributed by atoms with van der Waals surface area (Å²) in [5.74, 6) is 0.902. The van der Waals surface area contributed by atoms with Gasteiger partial charge in [-0.2, -0.15) is 0 Å². The first-order valence-corrected chi connectivity index (χ1v) is 6.04. The first kappa shape index (κ1) is 14.7. The summed E-state index contributed by atoms with van der Waals surface area (Å²) in [6.45, 7) is 13.5. The Balaban J connectivity index is 3.78.